The summed E-state index contributed by atoms with van der Waals surface area (Å²) in [5.41, 5.74) is 0. The van der Waals surface area contributed by atoms with Crippen molar-refractivity contribution in [1.82, 2.24) is 10.2 Å². The molecule has 0 saturated carbocycles. The second-order valence-corrected chi connectivity index (χ2v) is 4.93. The molecule has 1 aromatic heterocycles. The quantitative estimate of drug-likeness (QED) is 0.738. The molecule has 0 saturated heterocycles. The summed E-state index contributed by atoms with van der Waals surface area (Å²) in [7, 11) is -2.90. The molecule has 0 bridgehead atoms. The van der Waals surface area contributed by atoms with Crippen LogP contribution in [0.25, 0.3) is 0 Å². The highest BCUT2D eigenvalue weighted by molar-refractivity contribution is 7.90. The van der Waals surface area contributed by atoms with E-state index in [-0.39, 0.29) is 5.75 Å². The molecule has 72 valence electrons. The maximum Gasteiger partial charge on any atom is 0.149 e. The molecule has 0 atom stereocenters. The van der Waals surface area contributed by atoms with Crippen molar-refractivity contribution >= 4 is 15.7 Å². The van der Waals surface area contributed by atoms with Crippen molar-refractivity contribution in [1.29, 1.82) is 0 Å². The lowest BCUT2D eigenvalue weighted by Gasteiger charge is -2.01. The maximum atomic E-state index is 10.7. The minimum Gasteiger partial charge on any atom is -0.368 e. The van der Waals surface area contributed by atoms with Crippen LogP contribution in [-0.2, 0) is 9.84 Å². The van der Waals surface area contributed by atoms with E-state index < -0.39 is 9.84 Å². The fourth-order valence-electron chi connectivity index (χ4n) is 0.760. The molecule has 6 heteroatoms. The van der Waals surface area contributed by atoms with Crippen molar-refractivity contribution in [2.75, 3.05) is 23.9 Å². The number of rotatable bonds is 4. The second kappa shape index (κ2) is 4.18. The number of nitrogens with one attached hydrogen (secondary N) is 1. The second-order valence-electron chi connectivity index (χ2n) is 2.67. The molecule has 0 spiro atoms. The first-order valence-corrected chi connectivity index (χ1v) is 5.83. The van der Waals surface area contributed by atoms with Crippen LogP contribution in [0.2, 0.25) is 0 Å². The molecule has 0 unspecified atom stereocenters. The van der Waals surface area contributed by atoms with Gasteiger partial charge >= 0.3 is 0 Å². The van der Waals surface area contributed by atoms with Gasteiger partial charge in [-0.05, 0) is 12.1 Å². The van der Waals surface area contributed by atoms with Crippen LogP contribution in [0.3, 0.4) is 0 Å². The van der Waals surface area contributed by atoms with Gasteiger partial charge in [0.2, 0.25) is 0 Å². The molecule has 0 aromatic carbocycles. The number of anilines is 1. The normalized spacial score (nSPS) is 11.2. The monoisotopic (exact) mass is 201 g/mol. The topological polar surface area (TPSA) is 72.0 Å². The summed E-state index contributed by atoms with van der Waals surface area (Å²) in [5.74, 6) is 0.690. The summed E-state index contributed by atoms with van der Waals surface area (Å²) >= 11 is 0. The Labute approximate surface area is 77.1 Å². The van der Waals surface area contributed by atoms with Crippen LogP contribution in [-0.4, -0.2) is 37.2 Å². The van der Waals surface area contributed by atoms with Crippen LogP contribution in [0.15, 0.2) is 18.3 Å². The molecule has 1 N–H and O–H groups in total. The first kappa shape index (κ1) is 9.91. The lowest BCUT2D eigenvalue weighted by atomic mass is 10.5. The summed E-state index contributed by atoms with van der Waals surface area (Å²) in [5, 5.41) is 10.2. The van der Waals surface area contributed by atoms with Gasteiger partial charge in [0.05, 0.1) is 5.75 Å². The molecule has 0 aliphatic heterocycles. The van der Waals surface area contributed by atoms with E-state index >= 15 is 0 Å². The molecule has 0 aliphatic rings. The minimum absolute atomic E-state index is 0.101. The number of aromatic nitrogens is 2. The third kappa shape index (κ3) is 4.41. The van der Waals surface area contributed by atoms with Gasteiger partial charge in [0, 0.05) is 19.0 Å². The Balaban J connectivity index is 2.37. The Morgan fingerprint density at radius 1 is 1.54 bits per heavy atom. The maximum absolute atomic E-state index is 10.7. The van der Waals surface area contributed by atoms with Crippen molar-refractivity contribution in [3.63, 3.8) is 0 Å². The predicted molar refractivity (Wildman–Crippen MR) is 50.2 cm³/mol. The van der Waals surface area contributed by atoms with Gasteiger partial charge in [-0.3, -0.25) is 0 Å². The lowest BCUT2D eigenvalue weighted by molar-refractivity contribution is 0.602. The van der Waals surface area contributed by atoms with E-state index in [1.807, 2.05) is 0 Å². The van der Waals surface area contributed by atoms with E-state index in [0.717, 1.165) is 0 Å². The molecule has 13 heavy (non-hydrogen) atoms. The average Bonchev–Trinajstić information content (AvgIpc) is 2.04. The van der Waals surface area contributed by atoms with Crippen molar-refractivity contribution in [3.05, 3.63) is 18.3 Å². The van der Waals surface area contributed by atoms with E-state index in [2.05, 4.69) is 15.5 Å². The number of nitrogens with zero attached hydrogens (tertiary/aromatic N) is 2. The summed E-state index contributed by atoms with van der Waals surface area (Å²) in [6.07, 6.45) is 2.76. The van der Waals surface area contributed by atoms with E-state index in [4.69, 9.17) is 0 Å². The smallest absolute Gasteiger partial charge is 0.149 e. The SMILES string of the molecule is CS(=O)(=O)CCNc1cccnn1. The largest absolute Gasteiger partial charge is 0.368 e. The molecule has 0 aliphatic carbocycles. The highest BCUT2D eigenvalue weighted by atomic mass is 32.2. The summed E-state index contributed by atoms with van der Waals surface area (Å²) < 4.78 is 21.5. The lowest BCUT2D eigenvalue weighted by Crippen LogP contribution is -2.14. The van der Waals surface area contributed by atoms with Gasteiger partial charge in [-0.15, -0.1) is 5.10 Å². The zero-order valence-corrected chi connectivity index (χ0v) is 8.08. The Hall–Kier alpha value is -1.17. The van der Waals surface area contributed by atoms with Gasteiger partial charge in [-0.25, -0.2) is 8.42 Å². The molecule has 0 amide bonds. The van der Waals surface area contributed by atoms with Crippen LogP contribution < -0.4 is 5.32 Å². The fraction of sp³-hybridized carbons (Fsp3) is 0.429. The highest BCUT2D eigenvalue weighted by Gasteiger charge is 2.00. The highest BCUT2D eigenvalue weighted by Crippen LogP contribution is 1.96. The number of hydrogen-bond donors (Lipinski definition) is 1. The number of sulfone groups is 1. The van der Waals surface area contributed by atoms with E-state index in [0.29, 0.717) is 12.4 Å². The first-order valence-electron chi connectivity index (χ1n) is 3.77. The molecule has 1 rings (SSSR count). The van der Waals surface area contributed by atoms with Gasteiger partial charge in [-0.1, -0.05) is 0 Å². The van der Waals surface area contributed by atoms with Gasteiger partial charge in [0.1, 0.15) is 15.7 Å². The van der Waals surface area contributed by atoms with Crippen LogP contribution in [0.5, 0.6) is 0 Å². The average molecular weight is 201 g/mol. The van der Waals surface area contributed by atoms with Crippen molar-refractivity contribution in [3.8, 4) is 0 Å². The van der Waals surface area contributed by atoms with Gasteiger partial charge in [0.25, 0.3) is 0 Å². The van der Waals surface area contributed by atoms with Crippen LogP contribution in [0.1, 0.15) is 0 Å². The predicted octanol–water partition coefficient (Wildman–Crippen LogP) is -0.0669. The summed E-state index contributed by atoms with van der Waals surface area (Å²) in [6.45, 7) is 0.359. The molecular formula is C7H11N3O2S. The number of hydrogen-bond acceptors (Lipinski definition) is 5. The molecular weight excluding hydrogens is 190 g/mol. The Morgan fingerprint density at radius 2 is 2.31 bits per heavy atom. The van der Waals surface area contributed by atoms with Crippen LogP contribution >= 0.6 is 0 Å². The Kier molecular flexibility index (Phi) is 3.18. The Bertz CT molecular complexity index is 349. The zero-order chi connectivity index (χ0) is 9.73. The molecule has 0 fully saturated rings. The molecule has 0 radical (unpaired) electrons. The third-order valence-electron chi connectivity index (χ3n) is 1.35. The summed E-state index contributed by atoms with van der Waals surface area (Å²) in [4.78, 5) is 0. The van der Waals surface area contributed by atoms with E-state index in [9.17, 15) is 8.42 Å². The van der Waals surface area contributed by atoms with Crippen molar-refractivity contribution < 1.29 is 8.42 Å². The standard InChI is InChI=1S/C7H11N3O2S/c1-13(11,12)6-5-8-7-3-2-4-9-10-7/h2-4H,5-6H2,1H3,(H,8,10). The van der Waals surface area contributed by atoms with Crippen LogP contribution in [0, 0.1) is 0 Å². The molecule has 5 nitrogen and oxygen atoms in total. The van der Waals surface area contributed by atoms with E-state index in [1.54, 1.807) is 18.3 Å². The van der Waals surface area contributed by atoms with Gasteiger partial charge in [0.15, 0.2) is 0 Å². The molecule has 1 aromatic rings. The van der Waals surface area contributed by atoms with E-state index in [1.165, 1.54) is 6.26 Å². The first-order chi connectivity index (χ1) is 6.08. The fourth-order valence-corrected chi connectivity index (χ4v) is 1.23. The summed E-state index contributed by atoms with van der Waals surface area (Å²) in [6, 6.07) is 3.46. The van der Waals surface area contributed by atoms with Crippen LogP contribution in [0.4, 0.5) is 5.82 Å². The van der Waals surface area contributed by atoms with Crippen molar-refractivity contribution in [2.45, 2.75) is 0 Å². The van der Waals surface area contributed by atoms with Gasteiger partial charge in [-0.2, -0.15) is 5.10 Å². The third-order valence-corrected chi connectivity index (χ3v) is 2.30. The van der Waals surface area contributed by atoms with Crippen molar-refractivity contribution in [2.24, 2.45) is 0 Å². The molecule has 1 heterocycles. The van der Waals surface area contributed by atoms with Gasteiger partial charge < -0.3 is 5.32 Å². The minimum atomic E-state index is -2.90. The Morgan fingerprint density at radius 3 is 2.85 bits per heavy atom. The zero-order valence-electron chi connectivity index (χ0n) is 7.27.